The molecule has 0 N–H and O–H groups in total. The zero-order chi connectivity index (χ0) is 16.4. The van der Waals surface area contributed by atoms with E-state index in [9.17, 15) is 4.79 Å². The zero-order valence-electron chi connectivity index (χ0n) is 13.4. The van der Waals surface area contributed by atoms with Crippen LogP contribution in [0.4, 0.5) is 0 Å². The molecule has 0 heterocycles. The Morgan fingerprint density at radius 2 is 1.74 bits per heavy atom. The Balaban J connectivity index is 2.42. The lowest BCUT2D eigenvalue weighted by atomic mass is 9.94. The van der Waals surface area contributed by atoms with E-state index < -0.39 is 0 Å². The number of benzene rings is 3. The van der Waals surface area contributed by atoms with Crippen molar-refractivity contribution in [1.29, 1.82) is 0 Å². The molecule has 0 saturated heterocycles. The molecule has 118 valence electrons. The number of hydrogen-bond acceptors (Lipinski definition) is 4. The number of methoxy groups -OCH3 is 3. The van der Waals surface area contributed by atoms with Gasteiger partial charge in [-0.05, 0) is 33.9 Å². The van der Waals surface area contributed by atoms with Crippen LogP contribution in [0.15, 0.2) is 42.5 Å². The van der Waals surface area contributed by atoms with Gasteiger partial charge in [-0.2, -0.15) is 0 Å². The number of hydrogen-bond donors (Lipinski definition) is 0. The van der Waals surface area contributed by atoms with E-state index in [1.165, 1.54) is 7.11 Å². The molecular formula is C19H18O4. The molecule has 4 nitrogen and oxygen atoms in total. The number of esters is 1. The largest absolute Gasteiger partial charge is 0.497 e. The molecule has 4 heteroatoms. The summed E-state index contributed by atoms with van der Waals surface area (Å²) in [7, 11) is 4.64. The summed E-state index contributed by atoms with van der Waals surface area (Å²) in [5.41, 5.74) is 0.880. The first kappa shape index (κ1) is 15.2. The number of carbonyl (C=O) groups excluding carboxylic acids is 1. The van der Waals surface area contributed by atoms with Crippen LogP contribution in [0.5, 0.6) is 11.5 Å². The zero-order valence-corrected chi connectivity index (χ0v) is 13.4. The van der Waals surface area contributed by atoms with E-state index in [4.69, 9.17) is 14.2 Å². The Morgan fingerprint density at radius 3 is 2.43 bits per heavy atom. The first-order chi connectivity index (χ1) is 11.2. The lowest BCUT2D eigenvalue weighted by Gasteiger charge is -2.15. The van der Waals surface area contributed by atoms with E-state index >= 15 is 0 Å². The smallest absolute Gasteiger partial charge is 0.310 e. The summed E-state index contributed by atoms with van der Waals surface area (Å²) in [5.74, 6) is 1.12. The van der Waals surface area contributed by atoms with Crippen molar-refractivity contribution in [3.8, 4) is 11.5 Å². The highest BCUT2D eigenvalue weighted by Gasteiger charge is 2.15. The molecule has 0 saturated carbocycles. The van der Waals surface area contributed by atoms with Crippen LogP contribution in [-0.2, 0) is 16.0 Å². The normalized spacial score (nSPS) is 10.7. The summed E-state index contributed by atoms with van der Waals surface area (Å²) in [5, 5.41) is 4.07. The third-order valence-electron chi connectivity index (χ3n) is 4.00. The van der Waals surface area contributed by atoms with Crippen molar-refractivity contribution in [2.24, 2.45) is 0 Å². The minimum absolute atomic E-state index is 0.195. The highest BCUT2D eigenvalue weighted by Crippen LogP contribution is 2.38. The van der Waals surface area contributed by atoms with Crippen LogP contribution in [0.3, 0.4) is 0 Å². The van der Waals surface area contributed by atoms with Crippen molar-refractivity contribution in [1.82, 2.24) is 0 Å². The second-order valence-corrected chi connectivity index (χ2v) is 5.26. The molecule has 3 aromatic rings. The van der Waals surface area contributed by atoms with Gasteiger partial charge in [-0.3, -0.25) is 4.79 Å². The summed E-state index contributed by atoms with van der Waals surface area (Å²) in [6, 6.07) is 13.9. The molecule has 0 spiro atoms. The maximum Gasteiger partial charge on any atom is 0.310 e. The molecule has 0 amide bonds. The molecule has 3 rings (SSSR count). The molecule has 0 radical (unpaired) electrons. The van der Waals surface area contributed by atoms with E-state index in [-0.39, 0.29) is 12.4 Å². The van der Waals surface area contributed by atoms with Crippen LogP contribution in [-0.4, -0.2) is 27.3 Å². The van der Waals surface area contributed by atoms with E-state index in [0.29, 0.717) is 5.75 Å². The number of carbonyl (C=O) groups is 1. The third-order valence-corrected chi connectivity index (χ3v) is 4.00. The molecule has 3 aromatic carbocycles. The fourth-order valence-electron chi connectivity index (χ4n) is 2.91. The minimum atomic E-state index is -0.278. The summed E-state index contributed by atoms with van der Waals surface area (Å²) >= 11 is 0. The minimum Gasteiger partial charge on any atom is -0.497 e. The monoisotopic (exact) mass is 310 g/mol. The van der Waals surface area contributed by atoms with E-state index in [2.05, 4.69) is 6.07 Å². The fourth-order valence-corrected chi connectivity index (χ4v) is 2.91. The van der Waals surface area contributed by atoms with Gasteiger partial charge < -0.3 is 14.2 Å². The van der Waals surface area contributed by atoms with E-state index in [1.54, 1.807) is 14.2 Å². The van der Waals surface area contributed by atoms with Crippen LogP contribution >= 0.6 is 0 Å². The van der Waals surface area contributed by atoms with Gasteiger partial charge in [0.2, 0.25) is 0 Å². The van der Waals surface area contributed by atoms with Crippen LogP contribution in [0.1, 0.15) is 5.56 Å². The molecule has 0 aliphatic carbocycles. The van der Waals surface area contributed by atoms with Gasteiger partial charge in [0.25, 0.3) is 0 Å². The summed E-state index contributed by atoms with van der Waals surface area (Å²) in [4.78, 5) is 11.8. The molecule has 0 aromatic heterocycles. The Bertz CT molecular complexity index is 883. The molecule has 0 unspecified atom stereocenters. The van der Waals surface area contributed by atoms with Gasteiger partial charge in [-0.15, -0.1) is 0 Å². The summed E-state index contributed by atoms with van der Waals surface area (Å²) < 4.78 is 15.8. The molecule has 23 heavy (non-hydrogen) atoms. The van der Waals surface area contributed by atoms with Crippen molar-refractivity contribution in [2.45, 2.75) is 6.42 Å². The van der Waals surface area contributed by atoms with Crippen LogP contribution < -0.4 is 9.47 Å². The Morgan fingerprint density at radius 1 is 0.957 bits per heavy atom. The summed E-state index contributed by atoms with van der Waals surface area (Å²) in [6.45, 7) is 0. The lowest BCUT2D eigenvalue weighted by Crippen LogP contribution is -2.05. The van der Waals surface area contributed by atoms with Crippen molar-refractivity contribution >= 4 is 27.5 Å². The second-order valence-electron chi connectivity index (χ2n) is 5.26. The first-order valence-electron chi connectivity index (χ1n) is 7.31. The van der Waals surface area contributed by atoms with Crippen LogP contribution in [0.2, 0.25) is 0 Å². The number of rotatable bonds is 4. The average Bonchev–Trinajstić information content (AvgIpc) is 2.60. The Hall–Kier alpha value is -2.75. The Kier molecular flexibility index (Phi) is 4.06. The average molecular weight is 310 g/mol. The fraction of sp³-hybridized carbons (Fsp3) is 0.211. The lowest BCUT2D eigenvalue weighted by molar-refractivity contribution is -0.139. The highest BCUT2D eigenvalue weighted by atomic mass is 16.5. The number of fused-ring (bicyclic) bond motifs is 3. The molecular weight excluding hydrogens is 292 g/mol. The predicted octanol–water partition coefficient (Wildman–Crippen LogP) is 3.73. The quantitative estimate of drug-likeness (QED) is 0.544. The van der Waals surface area contributed by atoms with Gasteiger partial charge in [-0.1, -0.05) is 24.3 Å². The summed E-state index contributed by atoms with van der Waals surface area (Å²) in [6.07, 6.45) is 0.195. The molecule has 0 bridgehead atoms. The second kappa shape index (κ2) is 6.16. The van der Waals surface area contributed by atoms with E-state index in [0.717, 1.165) is 32.9 Å². The molecule has 0 aliphatic rings. The van der Waals surface area contributed by atoms with E-state index in [1.807, 2.05) is 36.4 Å². The maximum atomic E-state index is 11.8. The van der Waals surface area contributed by atoms with Crippen LogP contribution in [0.25, 0.3) is 21.5 Å². The van der Waals surface area contributed by atoms with Gasteiger partial charge in [0.05, 0.1) is 27.8 Å². The first-order valence-corrected chi connectivity index (χ1v) is 7.31. The molecule has 0 aliphatic heterocycles. The maximum absolute atomic E-state index is 11.8. The molecule has 0 fully saturated rings. The van der Waals surface area contributed by atoms with Gasteiger partial charge in [-0.25, -0.2) is 0 Å². The highest BCUT2D eigenvalue weighted by molar-refractivity contribution is 6.12. The predicted molar refractivity (Wildman–Crippen MR) is 90.3 cm³/mol. The Labute approximate surface area is 134 Å². The van der Waals surface area contributed by atoms with Crippen molar-refractivity contribution in [3.05, 3.63) is 48.0 Å². The van der Waals surface area contributed by atoms with Gasteiger partial charge >= 0.3 is 5.97 Å². The standard InChI is InChI=1S/C19H18O4/c1-21-14-10-16-15-7-5-4-6-12(15)8-13(9-18(20)23-3)19(16)17(11-14)22-2/h4-8,10-11H,9H2,1-3H3. The third kappa shape index (κ3) is 2.68. The van der Waals surface area contributed by atoms with Gasteiger partial charge in [0, 0.05) is 11.5 Å². The van der Waals surface area contributed by atoms with Crippen molar-refractivity contribution in [2.75, 3.05) is 21.3 Å². The van der Waals surface area contributed by atoms with Gasteiger partial charge in [0.15, 0.2) is 0 Å². The topological polar surface area (TPSA) is 44.8 Å². The van der Waals surface area contributed by atoms with Crippen LogP contribution in [0, 0.1) is 0 Å². The molecule has 0 atom stereocenters. The van der Waals surface area contributed by atoms with Crippen molar-refractivity contribution < 1.29 is 19.0 Å². The number of ether oxygens (including phenoxy) is 3. The van der Waals surface area contributed by atoms with Gasteiger partial charge in [0.1, 0.15) is 11.5 Å². The van der Waals surface area contributed by atoms with Crippen molar-refractivity contribution in [3.63, 3.8) is 0 Å². The SMILES string of the molecule is COC(=O)Cc1cc2ccccc2c2cc(OC)cc(OC)c12.